The lowest BCUT2D eigenvalue weighted by molar-refractivity contribution is -0.175. The number of aliphatic hydroxyl groups is 1. The number of hydrogen-bond donors (Lipinski definition) is 1. The van der Waals surface area contributed by atoms with E-state index in [2.05, 4.69) is 0 Å². The first kappa shape index (κ1) is 24.3. The Balaban J connectivity index is 1.92. The second-order valence-electron chi connectivity index (χ2n) is 9.20. The van der Waals surface area contributed by atoms with Crippen molar-refractivity contribution < 1.29 is 29.0 Å². The first-order valence-electron chi connectivity index (χ1n) is 10.2. The normalized spacial score (nSPS) is 21.1. The van der Waals surface area contributed by atoms with Gasteiger partial charge in [0.05, 0.1) is 23.5 Å². The minimum atomic E-state index is -0.835. The maximum atomic E-state index is 13.0. The van der Waals surface area contributed by atoms with Crippen LogP contribution in [0.25, 0.3) is 5.57 Å². The molecule has 0 spiro atoms. The Labute approximate surface area is 196 Å². The smallest absolute Gasteiger partial charge is 0.358 e. The van der Waals surface area contributed by atoms with Crippen molar-refractivity contribution in [1.82, 2.24) is 9.80 Å². The molecule has 2 aliphatic heterocycles. The Morgan fingerprint density at radius 3 is 2.53 bits per heavy atom. The van der Waals surface area contributed by atoms with E-state index in [4.69, 9.17) is 21.7 Å². The number of thiophene rings is 1. The molecular formula is C22H28N2O6S2. The van der Waals surface area contributed by atoms with Crippen LogP contribution in [0.1, 0.15) is 45.2 Å². The van der Waals surface area contributed by atoms with Gasteiger partial charge in [-0.1, -0.05) is 12.2 Å². The summed E-state index contributed by atoms with van der Waals surface area (Å²) in [7, 11) is 3.68. The molecule has 3 atom stereocenters. The van der Waals surface area contributed by atoms with Gasteiger partial charge in [-0.25, -0.2) is 4.79 Å². The summed E-state index contributed by atoms with van der Waals surface area (Å²) in [5, 5.41) is 13.9. The van der Waals surface area contributed by atoms with Crippen LogP contribution in [0.2, 0.25) is 0 Å². The molecule has 1 fully saturated rings. The third-order valence-electron chi connectivity index (χ3n) is 5.54. The Hall–Kier alpha value is -2.30. The van der Waals surface area contributed by atoms with Crippen LogP contribution in [0, 0.1) is 11.3 Å². The highest BCUT2D eigenvalue weighted by molar-refractivity contribution is 7.80. The van der Waals surface area contributed by atoms with E-state index < -0.39 is 36.2 Å². The quantitative estimate of drug-likeness (QED) is 0.287. The summed E-state index contributed by atoms with van der Waals surface area (Å²) in [6, 6.07) is -0.335. The first-order chi connectivity index (χ1) is 14.9. The predicted octanol–water partition coefficient (Wildman–Crippen LogP) is 2.40. The van der Waals surface area contributed by atoms with Gasteiger partial charge < -0.3 is 24.4 Å². The highest BCUT2D eigenvalue weighted by atomic mass is 32.1. The van der Waals surface area contributed by atoms with Gasteiger partial charge in [0.2, 0.25) is 12.7 Å². The van der Waals surface area contributed by atoms with Crippen molar-refractivity contribution in [2.75, 3.05) is 20.9 Å². The van der Waals surface area contributed by atoms with Crippen LogP contribution >= 0.6 is 23.6 Å². The number of aliphatic hydroxyl groups excluding tert-OH is 1. The van der Waals surface area contributed by atoms with Crippen LogP contribution in [0.15, 0.2) is 16.5 Å². The molecule has 1 saturated heterocycles. The molecule has 0 bridgehead atoms. The number of rotatable bonds is 6. The predicted molar refractivity (Wildman–Crippen MR) is 124 cm³/mol. The largest absolute Gasteiger partial charge is 0.427 e. The number of esters is 2. The Morgan fingerprint density at radius 2 is 1.97 bits per heavy atom. The van der Waals surface area contributed by atoms with Gasteiger partial charge in [-0.15, -0.1) is 0 Å². The van der Waals surface area contributed by atoms with E-state index in [1.807, 2.05) is 24.9 Å². The van der Waals surface area contributed by atoms with Crippen LogP contribution in [0.3, 0.4) is 0 Å². The molecule has 2 unspecified atom stereocenters. The monoisotopic (exact) mass is 480 g/mol. The fourth-order valence-corrected chi connectivity index (χ4v) is 4.95. The minimum absolute atomic E-state index is 0.116. The number of hydrogen-bond acceptors (Lipinski definition) is 8. The van der Waals surface area contributed by atoms with Crippen molar-refractivity contribution in [3.63, 3.8) is 0 Å². The van der Waals surface area contributed by atoms with Gasteiger partial charge in [0.1, 0.15) is 10.7 Å². The number of β-lactam (4-membered cyclic amide) rings is 1. The van der Waals surface area contributed by atoms with Crippen molar-refractivity contribution in [3.8, 4) is 0 Å². The summed E-state index contributed by atoms with van der Waals surface area (Å²) in [5.41, 5.74) is 1.57. The van der Waals surface area contributed by atoms with E-state index in [-0.39, 0.29) is 17.6 Å². The van der Waals surface area contributed by atoms with E-state index in [1.54, 1.807) is 32.6 Å². The van der Waals surface area contributed by atoms with E-state index in [1.165, 1.54) is 16.2 Å². The molecular weight excluding hydrogens is 452 g/mol. The molecule has 2 aliphatic rings. The summed E-state index contributed by atoms with van der Waals surface area (Å²) < 4.78 is 10.3. The lowest BCUT2D eigenvalue weighted by atomic mass is 9.82. The molecule has 1 aromatic heterocycles. The SMILES string of the molecule is C[C@@H](O)C1C(=O)N2C(C(=O)OCOC(=O)C(C)(C)C)=C(c3cscc3C(=S)N(C)C)CC12. The van der Waals surface area contributed by atoms with Crippen LogP contribution in [-0.2, 0) is 23.9 Å². The molecule has 8 nitrogen and oxygen atoms in total. The fraction of sp³-hybridized carbons (Fsp3) is 0.545. The van der Waals surface area contributed by atoms with Gasteiger partial charge in [-0.2, -0.15) is 11.3 Å². The zero-order chi connectivity index (χ0) is 24.0. The molecule has 32 heavy (non-hydrogen) atoms. The van der Waals surface area contributed by atoms with Gasteiger partial charge >= 0.3 is 11.9 Å². The molecule has 1 amide bonds. The highest BCUT2D eigenvalue weighted by Crippen LogP contribution is 2.48. The number of nitrogens with zero attached hydrogens (tertiary/aromatic N) is 2. The molecule has 10 heteroatoms. The average Bonchev–Trinajstić information content (AvgIpc) is 3.28. The van der Waals surface area contributed by atoms with Crippen molar-refractivity contribution in [1.29, 1.82) is 0 Å². The number of fused-ring (bicyclic) bond motifs is 1. The standard InChI is InChI=1S/C22H28N2O6S2/c1-11(25)16-15-7-12(13-8-32-9-14(13)19(31)23(5)6)17(24(15)18(16)26)20(27)29-10-30-21(28)22(2,3)4/h8-9,11,15-16,25H,7,10H2,1-6H3/t11-,15?,16?/m1/s1. The van der Waals surface area contributed by atoms with Crippen molar-refractivity contribution >= 4 is 52.0 Å². The number of amides is 1. The maximum absolute atomic E-state index is 13.0. The van der Waals surface area contributed by atoms with Gasteiger partial charge in [-0.3, -0.25) is 9.59 Å². The molecule has 1 aromatic rings. The molecule has 1 N–H and O–H groups in total. The summed E-state index contributed by atoms with van der Waals surface area (Å²) in [4.78, 5) is 41.6. The number of thiocarbonyl (C=S) groups is 1. The van der Waals surface area contributed by atoms with Crippen molar-refractivity contribution in [2.45, 2.75) is 46.3 Å². The van der Waals surface area contributed by atoms with E-state index in [9.17, 15) is 19.5 Å². The molecule has 0 saturated carbocycles. The van der Waals surface area contributed by atoms with Crippen LogP contribution in [0.5, 0.6) is 0 Å². The van der Waals surface area contributed by atoms with E-state index in [0.29, 0.717) is 17.0 Å². The van der Waals surface area contributed by atoms with Gasteiger partial charge in [-0.05, 0) is 45.1 Å². The number of ether oxygens (including phenoxy) is 2. The third kappa shape index (κ3) is 4.31. The van der Waals surface area contributed by atoms with Crippen LogP contribution in [0.4, 0.5) is 0 Å². The van der Waals surface area contributed by atoms with Crippen molar-refractivity contribution in [3.05, 3.63) is 27.6 Å². The van der Waals surface area contributed by atoms with Crippen LogP contribution in [-0.4, -0.2) is 70.8 Å². The lowest BCUT2D eigenvalue weighted by Gasteiger charge is -2.44. The zero-order valence-electron chi connectivity index (χ0n) is 19.0. The molecule has 3 heterocycles. The van der Waals surface area contributed by atoms with Gasteiger partial charge in [0.25, 0.3) is 0 Å². The average molecular weight is 481 g/mol. The zero-order valence-corrected chi connectivity index (χ0v) is 20.6. The van der Waals surface area contributed by atoms with E-state index in [0.717, 1.165) is 11.1 Å². The molecule has 0 radical (unpaired) electrons. The van der Waals surface area contributed by atoms with Crippen molar-refractivity contribution in [2.24, 2.45) is 11.3 Å². The summed E-state index contributed by atoms with van der Waals surface area (Å²) in [6.45, 7) is 6.10. The highest BCUT2D eigenvalue weighted by Gasteiger charge is 2.57. The molecule has 0 aromatic carbocycles. The Bertz CT molecular complexity index is 989. The van der Waals surface area contributed by atoms with Gasteiger partial charge in [0.15, 0.2) is 0 Å². The number of carbonyl (C=O) groups excluding carboxylic acids is 3. The van der Waals surface area contributed by atoms with E-state index >= 15 is 0 Å². The lowest BCUT2D eigenvalue weighted by Crippen LogP contribution is -2.61. The summed E-state index contributed by atoms with van der Waals surface area (Å²) in [6.07, 6.45) is -0.439. The number of carbonyl (C=O) groups is 3. The second kappa shape index (κ2) is 8.92. The summed E-state index contributed by atoms with van der Waals surface area (Å²) >= 11 is 6.98. The fourth-order valence-electron chi connectivity index (χ4n) is 3.86. The Morgan fingerprint density at radius 1 is 1.31 bits per heavy atom. The molecule has 174 valence electrons. The maximum Gasteiger partial charge on any atom is 0.358 e. The molecule has 0 aliphatic carbocycles. The first-order valence-corrected chi connectivity index (χ1v) is 11.6. The minimum Gasteiger partial charge on any atom is -0.427 e. The topological polar surface area (TPSA) is 96.4 Å². The molecule has 3 rings (SSSR count). The van der Waals surface area contributed by atoms with Crippen LogP contribution < -0.4 is 0 Å². The second-order valence-corrected chi connectivity index (χ2v) is 10.3. The summed E-state index contributed by atoms with van der Waals surface area (Å²) in [5.74, 6) is -2.17. The third-order valence-corrected chi connectivity index (χ3v) is 6.87. The van der Waals surface area contributed by atoms with Gasteiger partial charge in [0, 0.05) is 30.6 Å². The Kier molecular flexibility index (Phi) is 6.78.